The van der Waals surface area contributed by atoms with E-state index >= 15 is 0 Å². The number of ether oxygens (including phenoxy) is 2. The predicted octanol–water partition coefficient (Wildman–Crippen LogP) is 6.65. The lowest BCUT2D eigenvalue weighted by molar-refractivity contribution is -0.137. The Kier molecular flexibility index (Phi) is 21.7. The predicted molar refractivity (Wildman–Crippen MR) is 319 cm³/mol. The normalized spacial score (nSPS) is 17.9. The SMILES string of the molecule is CC1(C(=O)N2CCc3cc(C(=O)NO)ccc3C2)CC1.O=C(NO)c1ccc2c(c1)CCN(C(=O)C1CCCCCC1)C2.O=C(NO)c1ccc2c(c1)CCN(C(=O)C1CCOC1)C2.O=C(NO)c1ccc2c(c1)CCN(C(=O)COc1ccccc1)C2. The maximum Gasteiger partial charge on any atom is 0.274 e. The minimum absolute atomic E-state index is 0.00431. The fourth-order valence-electron chi connectivity index (χ4n) is 12.1. The van der Waals surface area contributed by atoms with Gasteiger partial charge in [-0.3, -0.25) is 59.2 Å². The Balaban J connectivity index is 0.000000140. The van der Waals surface area contributed by atoms with E-state index in [1.807, 2.05) is 82.3 Å². The number of hydroxylamine groups is 4. The third-order valence-corrected chi connectivity index (χ3v) is 17.7. The number of carbonyl (C=O) groups is 8. The van der Waals surface area contributed by atoms with Crippen LogP contribution < -0.4 is 26.7 Å². The maximum absolute atomic E-state index is 12.8. The standard InChI is InChI=1S/C18H18N2O4.C18H24N2O3.C15H18N2O4.C15H18N2O3/c21-17(12-24-16-4-2-1-3-5-16)20-9-8-13-10-14(18(22)19-23)6-7-15(13)11-20;21-17(19-23)15-7-8-16-12-20(10-9-14(16)11-15)18(22)13-5-3-1-2-4-6-13;18-14(16-20)11-1-2-12-8-17(5-3-10(12)7-11)15(19)13-4-6-21-9-13;1-15(5-6-15)14(19)17-7-4-10-8-11(13(18)16-20)2-3-12(10)9-17/h1-7,10,23H,8-9,11-12H2,(H,19,22);7-8,11,13,23H,1-6,9-10,12H2,(H,19,21);1-2,7,13,20H,3-6,8-9H2,(H,16,18);2-3,8,20H,4-7,9H2,1H3,(H,16,18). The molecule has 5 heterocycles. The summed E-state index contributed by atoms with van der Waals surface area (Å²) in [7, 11) is 0. The van der Waals surface area contributed by atoms with Gasteiger partial charge in [0.2, 0.25) is 17.7 Å². The lowest BCUT2D eigenvalue weighted by Gasteiger charge is -2.32. The average Bonchev–Trinajstić information content (AvgIpc) is 2.16. The highest BCUT2D eigenvalue weighted by Gasteiger charge is 2.47. The van der Waals surface area contributed by atoms with Crippen molar-refractivity contribution < 1.29 is 68.7 Å². The number of rotatable bonds is 10. The van der Waals surface area contributed by atoms with E-state index < -0.39 is 23.6 Å². The Morgan fingerprint density at radius 2 is 0.864 bits per heavy atom. The molecule has 5 aromatic carbocycles. The third kappa shape index (κ3) is 16.1. The van der Waals surface area contributed by atoms with Crippen molar-refractivity contribution in [2.24, 2.45) is 17.3 Å². The van der Waals surface area contributed by atoms with Gasteiger partial charge < -0.3 is 29.1 Å². The van der Waals surface area contributed by atoms with Crippen LogP contribution in [0.2, 0.25) is 0 Å². The molecule has 0 aromatic heterocycles. The molecule has 1 atom stereocenters. The Hall–Kier alpha value is -8.54. The van der Waals surface area contributed by atoms with Crippen molar-refractivity contribution in [1.82, 2.24) is 41.5 Å². The molecule has 0 spiro atoms. The molecule has 7 aliphatic rings. The van der Waals surface area contributed by atoms with Gasteiger partial charge in [0.15, 0.2) is 6.61 Å². The summed E-state index contributed by atoms with van der Waals surface area (Å²) in [5, 5.41) is 34.7. The van der Waals surface area contributed by atoms with Gasteiger partial charge in [-0.25, -0.2) is 21.9 Å². The van der Waals surface area contributed by atoms with Crippen molar-refractivity contribution in [3.63, 3.8) is 0 Å². The van der Waals surface area contributed by atoms with Crippen LogP contribution >= 0.6 is 0 Å². The summed E-state index contributed by atoms with van der Waals surface area (Å²) in [6, 6.07) is 30.5. The lowest BCUT2D eigenvalue weighted by Crippen LogP contribution is -2.40. The summed E-state index contributed by atoms with van der Waals surface area (Å²) in [6.45, 7) is 8.19. The van der Waals surface area contributed by atoms with Gasteiger partial charge in [-0.05, 0) is 163 Å². The molecule has 5 aliphatic heterocycles. The van der Waals surface area contributed by atoms with Crippen molar-refractivity contribution in [3.05, 3.63) is 170 Å². The number of carbonyl (C=O) groups excluding carboxylic acids is 8. The van der Waals surface area contributed by atoms with Gasteiger partial charge in [0.25, 0.3) is 29.5 Å². The first kappa shape index (κ1) is 63.9. The molecule has 5 aromatic rings. The molecule has 2 saturated carbocycles. The highest BCUT2D eigenvalue weighted by atomic mass is 16.5. The van der Waals surface area contributed by atoms with E-state index in [1.54, 1.807) is 69.3 Å². The van der Waals surface area contributed by atoms with Crippen LogP contribution in [0.1, 0.15) is 151 Å². The summed E-state index contributed by atoms with van der Waals surface area (Å²) in [5.41, 5.74) is 16.7. The smallest absolute Gasteiger partial charge is 0.274 e. The molecule has 8 N–H and O–H groups in total. The lowest BCUT2D eigenvalue weighted by atomic mass is 9.94. The summed E-state index contributed by atoms with van der Waals surface area (Å²) in [5.74, 6) is -0.548. The first-order valence-electron chi connectivity index (χ1n) is 30.2. The second-order valence-corrected chi connectivity index (χ2v) is 23.7. The number of hydrogen-bond acceptors (Lipinski definition) is 14. The molecular weight excluding hydrogens is 1130 g/mol. The number of nitrogens with one attached hydrogen (secondary N) is 4. The second-order valence-electron chi connectivity index (χ2n) is 23.7. The molecule has 0 bridgehead atoms. The minimum atomic E-state index is -0.535. The summed E-state index contributed by atoms with van der Waals surface area (Å²) < 4.78 is 10.8. The molecule has 466 valence electrons. The quantitative estimate of drug-likeness (QED) is 0.0413. The number of nitrogens with zero attached hydrogens (tertiary/aromatic N) is 4. The van der Waals surface area contributed by atoms with Crippen LogP contribution in [0.4, 0.5) is 0 Å². The van der Waals surface area contributed by atoms with Crippen LogP contribution in [-0.2, 0) is 75.8 Å². The molecule has 1 saturated heterocycles. The fourth-order valence-corrected chi connectivity index (χ4v) is 12.1. The van der Waals surface area contributed by atoms with Gasteiger partial charge in [-0.2, -0.15) is 0 Å². The van der Waals surface area contributed by atoms with Crippen molar-refractivity contribution >= 4 is 47.3 Å². The third-order valence-electron chi connectivity index (χ3n) is 17.7. The van der Waals surface area contributed by atoms with Crippen LogP contribution in [-0.4, -0.2) is 134 Å². The number of fused-ring (bicyclic) bond motifs is 4. The van der Waals surface area contributed by atoms with Crippen molar-refractivity contribution in [1.29, 1.82) is 0 Å². The maximum atomic E-state index is 12.8. The zero-order valence-corrected chi connectivity index (χ0v) is 49.6. The molecule has 22 heteroatoms. The van der Waals surface area contributed by atoms with Gasteiger partial charge in [0, 0.05) is 92.6 Å². The van der Waals surface area contributed by atoms with E-state index in [9.17, 15) is 38.4 Å². The molecule has 1 unspecified atom stereocenters. The van der Waals surface area contributed by atoms with Crippen molar-refractivity contribution in [2.75, 3.05) is 46.0 Å². The number of para-hydroxylation sites is 1. The first-order chi connectivity index (χ1) is 42.6. The zero-order chi connectivity index (χ0) is 62.3. The fraction of sp³-hybridized carbons (Fsp3) is 0.424. The highest BCUT2D eigenvalue weighted by Crippen LogP contribution is 2.47. The number of amides is 8. The van der Waals surface area contributed by atoms with E-state index in [0.717, 1.165) is 95.9 Å². The van der Waals surface area contributed by atoms with Gasteiger partial charge in [-0.1, -0.05) is 75.1 Å². The van der Waals surface area contributed by atoms with Crippen LogP contribution in [0, 0.1) is 17.3 Å². The van der Waals surface area contributed by atoms with E-state index in [-0.39, 0.29) is 41.6 Å². The van der Waals surface area contributed by atoms with Crippen molar-refractivity contribution in [3.8, 4) is 5.75 Å². The topological polar surface area (TPSA) is 297 Å². The van der Waals surface area contributed by atoms with Gasteiger partial charge >= 0.3 is 0 Å². The van der Waals surface area contributed by atoms with Crippen LogP contribution in [0.3, 0.4) is 0 Å². The molecule has 8 amide bonds. The van der Waals surface area contributed by atoms with Gasteiger partial charge in [0.1, 0.15) is 5.75 Å². The Morgan fingerprint density at radius 3 is 1.26 bits per heavy atom. The van der Waals surface area contributed by atoms with Crippen LogP contribution in [0.25, 0.3) is 0 Å². The molecule has 88 heavy (non-hydrogen) atoms. The van der Waals surface area contributed by atoms with Gasteiger partial charge in [0.05, 0.1) is 12.5 Å². The van der Waals surface area contributed by atoms with Crippen LogP contribution in [0.5, 0.6) is 5.75 Å². The zero-order valence-electron chi connectivity index (χ0n) is 49.6. The van der Waals surface area contributed by atoms with E-state index in [4.69, 9.17) is 30.3 Å². The van der Waals surface area contributed by atoms with Crippen molar-refractivity contribution in [2.45, 2.75) is 117 Å². The minimum Gasteiger partial charge on any atom is -0.484 e. The Morgan fingerprint density at radius 1 is 0.477 bits per heavy atom. The Bertz CT molecular complexity index is 3360. The molecular formula is C66H78N8O14. The van der Waals surface area contributed by atoms with E-state index in [0.29, 0.717) is 106 Å². The monoisotopic (exact) mass is 1210 g/mol. The molecule has 22 nitrogen and oxygen atoms in total. The van der Waals surface area contributed by atoms with E-state index in [2.05, 4.69) is 0 Å². The largest absolute Gasteiger partial charge is 0.484 e. The number of hydrogen-bond donors (Lipinski definition) is 8. The molecule has 0 radical (unpaired) electrons. The second kappa shape index (κ2) is 29.9. The summed E-state index contributed by atoms with van der Waals surface area (Å²) in [4.78, 5) is 103. The summed E-state index contributed by atoms with van der Waals surface area (Å²) in [6.07, 6.45) is 12.6. The van der Waals surface area contributed by atoms with Crippen LogP contribution in [0.15, 0.2) is 103 Å². The molecule has 2 aliphatic carbocycles. The average molecular weight is 1210 g/mol. The first-order valence-corrected chi connectivity index (χ1v) is 30.2. The number of benzene rings is 5. The highest BCUT2D eigenvalue weighted by molar-refractivity contribution is 5.95. The molecule has 12 rings (SSSR count). The molecule has 3 fully saturated rings. The summed E-state index contributed by atoms with van der Waals surface area (Å²) >= 11 is 0. The van der Waals surface area contributed by atoms with E-state index in [1.165, 1.54) is 25.7 Å². The Labute approximate surface area is 511 Å². The van der Waals surface area contributed by atoms with Gasteiger partial charge in [-0.15, -0.1) is 0 Å².